The monoisotopic (exact) mass is 550 g/mol. The summed E-state index contributed by atoms with van der Waals surface area (Å²) in [6, 6.07) is 12.9. The van der Waals surface area contributed by atoms with Crippen molar-refractivity contribution in [2.24, 2.45) is 5.73 Å². The molecule has 0 aliphatic carbocycles. The lowest BCUT2D eigenvalue weighted by Gasteiger charge is -2.29. The van der Waals surface area contributed by atoms with Gasteiger partial charge in [-0.15, -0.1) is 0 Å². The van der Waals surface area contributed by atoms with Gasteiger partial charge >= 0.3 is 6.09 Å². The topological polar surface area (TPSA) is 125 Å². The van der Waals surface area contributed by atoms with Gasteiger partial charge in [-0.1, -0.05) is 41.4 Å². The third kappa shape index (κ3) is 3.82. The Morgan fingerprint density at radius 2 is 1.67 bits per heavy atom. The Morgan fingerprint density at radius 1 is 0.972 bits per heavy atom. The molecule has 0 aromatic heterocycles. The highest BCUT2D eigenvalue weighted by atomic mass is 35.5. The highest BCUT2D eigenvalue weighted by Crippen LogP contribution is 2.52. The molecule has 1 aliphatic heterocycles. The van der Waals surface area contributed by atoms with Gasteiger partial charge < -0.3 is 19.9 Å². The number of benzene rings is 3. The van der Waals surface area contributed by atoms with Gasteiger partial charge in [0.15, 0.2) is 0 Å². The highest BCUT2D eigenvalue weighted by molar-refractivity contribution is 7.93. The number of rotatable bonds is 6. The molecular formula is C24H20Cl2N2O7S. The first-order valence-corrected chi connectivity index (χ1v) is 12.5. The smallest absolute Gasteiger partial charge is 0.406 e. The first-order valence-electron chi connectivity index (χ1n) is 10.3. The minimum Gasteiger partial charge on any atom is -0.497 e. The number of methoxy groups -OCH3 is 2. The Labute approximate surface area is 217 Å². The zero-order valence-corrected chi connectivity index (χ0v) is 21.6. The Hall–Kier alpha value is -3.47. The molecule has 9 nitrogen and oxygen atoms in total. The predicted molar refractivity (Wildman–Crippen MR) is 133 cm³/mol. The Balaban J connectivity index is 2.08. The number of nitrogens with two attached hydrogens (primary N) is 1. The number of nitrogens with zero attached hydrogens (tertiary/aromatic N) is 1. The molecular weight excluding hydrogens is 531 g/mol. The van der Waals surface area contributed by atoms with Crippen LogP contribution >= 0.6 is 23.2 Å². The normalized spacial score (nSPS) is 17.0. The number of fused-ring (bicyclic) bond motifs is 1. The molecule has 1 heterocycles. The number of anilines is 1. The summed E-state index contributed by atoms with van der Waals surface area (Å²) in [6.07, 6.45) is -1.32. The molecule has 3 aromatic carbocycles. The van der Waals surface area contributed by atoms with Crippen LogP contribution in [-0.4, -0.2) is 34.6 Å². The van der Waals surface area contributed by atoms with Gasteiger partial charge in [0.1, 0.15) is 16.4 Å². The van der Waals surface area contributed by atoms with Crippen LogP contribution in [0.4, 0.5) is 10.5 Å². The summed E-state index contributed by atoms with van der Waals surface area (Å²) in [5.74, 6) is -0.878. The third-order valence-corrected chi connectivity index (χ3v) is 8.23. The number of carbonyl (C=O) groups excluding carboxylic acids is 2. The SMILES string of the molecule is COc1ccc(S(=O)(=O)N2C(=O)C(OC(N)=O)(c3ccccc3Cl)c3cc(C)c(Cl)cc32)c(OC)c1. The minimum absolute atomic E-state index is 0.0253. The van der Waals surface area contributed by atoms with E-state index in [0.717, 1.165) is 0 Å². The highest BCUT2D eigenvalue weighted by Gasteiger charge is 2.60. The summed E-state index contributed by atoms with van der Waals surface area (Å²) in [5, 5.41) is 0.226. The second-order valence-corrected chi connectivity index (χ2v) is 10.4. The first kappa shape index (κ1) is 25.6. The van der Waals surface area contributed by atoms with Crippen LogP contribution in [-0.2, 0) is 25.2 Å². The first-order chi connectivity index (χ1) is 17.0. The van der Waals surface area contributed by atoms with Gasteiger partial charge in [-0.2, -0.15) is 4.31 Å². The van der Waals surface area contributed by atoms with Crippen molar-refractivity contribution in [3.05, 3.63) is 81.3 Å². The zero-order chi connectivity index (χ0) is 26.4. The number of sulfonamides is 1. The molecule has 0 saturated carbocycles. The van der Waals surface area contributed by atoms with E-state index in [-0.39, 0.29) is 37.5 Å². The summed E-state index contributed by atoms with van der Waals surface area (Å²) in [5.41, 5.74) is 3.50. The third-order valence-electron chi connectivity index (χ3n) is 5.76. The molecule has 2 N–H and O–H groups in total. The second kappa shape index (κ2) is 9.20. The van der Waals surface area contributed by atoms with Gasteiger partial charge in [-0.3, -0.25) is 4.79 Å². The molecule has 1 aliphatic rings. The van der Waals surface area contributed by atoms with Crippen molar-refractivity contribution in [2.75, 3.05) is 18.5 Å². The van der Waals surface area contributed by atoms with Crippen molar-refractivity contribution in [3.8, 4) is 11.5 Å². The molecule has 0 radical (unpaired) electrons. The van der Waals surface area contributed by atoms with Gasteiger partial charge in [0, 0.05) is 27.2 Å². The number of hydrogen-bond donors (Lipinski definition) is 1. The van der Waals surface area contributed by atoms with Crippen LogP contribution in [0.1, 0.15) is 16.7 Å². The van der Waals surface area contributed by atoms with Crippen molar-refractivity contribution in [3.63, 3.8) is 0 Å². The van der Waals surface area contributed by atoms with Gasteiger partial charge in [-0.25, -0.2) is 13.2 Å². The van der Waals surface area contributed by atoms with Gasteiger partial charge in [0.25, 0.3) is 15.9 Å². The standard InChI is InChI=1S/C24H20Cl2N2O7S/c1-13-10-16-19(12-18(13)26)28(36(31,32)21-9-8-14(33-2)11-20(21)34-3)22(29)24(16,35-23(27)30)15-6-4-5-7-17(15)25/h4-12H,1-3H3,(H2,27,30). The number of halogens is 2. The number of amides is 2. The lowest BCUT2D eigenvalue weighted by Crippen LogP contribution is -2.47. The van der Waals surface area contributed by atoms with Crippen LogP contribution in [0.3, 0.4) is 0 Å². The van der Waals surface area contributed by atoms with E-state index in [2.05, 4.69) is 0 Å². The molecule has 12 heteroatoms. The summed E-state index contributed by atoms with van der Waals surface area (Å²) >= 11 is 12.8. The average molecular weight is 551 g/mol. The van der Waals surface area contributed by atoms with Crippen LogP contribution < -0.4 is 19.5 Å². The molecule has 1 atom stereocenters. The number of carbonyl (C=O) groups is 2. The van der Waals surface area contributed by atoms with E-state index < -0.39 is 27.6 Å². The maximum absolute atomic E-state index is 14.2. The van der Waals surface area contributed by atoms with Crippen LogP contribution in [0.15, 0.2) is 59.5 Å². The average Bonchev–Trinajstić information content (AvgIpc) is 3.06. The van der Waals surface area contributed by atoms with Crippen molar-refractivity contribution in [2.45, 2.75) is 17.4 Å². The molecule has 188 valence electrons. The van der Waals surface area contributed by atoms with E-state index >= 15 is 0 Å². The molecule has 0 saturated heterocycles. The molecule has 0 fully saturated rings. The molecule has 3 aromatic rings. The van der Waals surface area contributed by atoms with Crippen molar-refractivity contribution in [1.82, 2.24) is 0 Å². The minimum atomic E-state index is -4.66. The Bertz CT molecular complexity index is 1510. The van der Waals surface area contributed by atoms with Crippen molar-refractivity contribution in [1.29, 1.82) is 0 Å². The largest absolute Gasteiger partial charge is 0.497 e. The van der Waals surface area contributed by atoms with E-state index in [4.69, 9.17) is 43.1 Å². The van der Waals surface area contributed by atoms with Gasteiger partial charge in [-0.05, 0) is 42.8 Å². The second-order valence-electron chi connectivity index (χ2n) is 7.79. The lowest BCUT2D eigenvalue weighted by atomic mass is 9.86. The summed E-state index contributed by atoms with van der Waals surface area (Å²) < 4.78 is 44.4. The predicted octanol–water partition coefficient (Wildman–Crippen LogP) is 4.39. The maximum Gasteiger partial charge on any atom is 0.406 e. The van der Waals surface area contributed by atoms with E-state index in [1.165, 1.54) is 56.7 Å². The Kier molecular flexibility index (Phi) is 6.54. The van der Waals surface area contributed by atoms with Crippen LogP contribution in [0.2, 0.25) is 10.0 Å². The maximum atomic E-state index is 14.2. The quantitative estimate of drug-likeness (QED) is 0.482. The van der Waals surface area contributed by atoms with Crippen molar-refractivity contribution < 1.29 is 32.2 Å². The molecule has 0 spiro atoms. The summed E-state index contributed by atoms with van der Waals surface area (Å²) in [7, 11) is -1.97. The number of primary amides is 1. The Morgan fingerprint density at radius 3 is 2.28 bits per heavy atom. The molecule has 2 amide bonds. The summed E-state index contributed by atoms with van der Waals surface area (Å²) in [6.45, 7) is 1.65. The van der Waals surface area contributed by atoms with E-state index in [0.29, 0.717) is 15.6 Å². The zero-order valence-electron chi connectivity index (χ0n) is 19.2. The molecule has 36 heavy (non-hydrogen) atoms. The summed E-state index contributed by atoms with van der Waals surface area (Å²) in [4.78, 5) is 26.0. The number of hydrogen-bond acceptors (Lipinski definition) is 7. The fourth-order valence-corrected chi connectivity index (χ4v) is 6.14. The van der Waals surface area contributed by atoms with Gasteiger partial charge in [0.2, 0.25) is 5.60 Å². The van der Waals surface area contributed by atoms with Gasteiger partial charge in [0.05, 0.1) is 19.9 Å². The fraction of sp³-hybridized carbons (Fsp3) is 0.167. The van der Waals surface area contributed by atoms with E-state index in [1.54, 1.807) is 19.1 Å². The molecule has 1 unspecified atom stereocenters. The number of ether oxygens (including phenoxy) is 3. The molecule has 0 bridgehead atoms. The van der Waals surface area contributed by atoms with E-state index in [9.17, 15) is 18.0 Å². The fourth-order valence-electron chi connectivity index (χ4n) is 4.13. The van der Waals surface area contributed by atoms with E-state index in [1.807, 2.05) is 0 Å². The van der Waals surface area contributed by atoms with Crippen LogP contribution in [0.5, 0.6) is 11.5 Å². The number of aryl methyl sites for hydroxylation is 1. The lowest BCUT2D eigenvalue weighted by molar-refractivity contribution is -0.131. The van der Waals surface area contributed by atoms with Crippen LogP contribution in [0, 0.1) is 6.92 Å². The molecule has 4 rings (SSSR count). The van der Waals surface area contributed by atoms with Crippen molar-refractivity contribution >= 4 is 50.9 Å². The van der Waals surface area contributed by atoms with Crippen LogP contribution in [0.25, 0.3) is 0 Å².